The van der Waals surface area contributed by atoms with Crippen molar-refractivity contribution in [3.05, 3.63) is 64.9 Å². The van der Waals surface area contributed by atoms with Gasteiger partial charge in [0, 0.05) is 16.6 Å². The van der Waals surface area contributed by atoms with Gasteiger partial charge in [-0.3, -0.25) is 4.79 Å². The third-order valence-electron chi connectivity index (χ3n) is 4.48. The molecule has 0 saturated heterocycles. The Morgan fingerprint density at radius 2 is 1.92 bits per heavy atom. The molecule has 0 saturated carbocycles. The molecule has 3 rings (SSSR count). The first kappa shape index (κ1) is 16.3. The molecule has 0 fully saturated rings. The number of carbonyl (C=O) groups excluding carboxylic acids is 1. The summed E-state index contributed by atoms with van der Waals surface area (Å²) in [5.41, 5.74) is 6.20. The van der Waals surface area contributed by atoms with Gasteiger partial charge in [0.15, 0.2) is 0 Å². The SMILES string of the molecule is CCc1ccc2c(CC(=O)Nc3c(C)cccc3CC)coc2c1. The van der Waals surface area contributed by atoms with Crippen molar-refractivity contribution in [2.24, 2.45) is 0 Å². The maximum atomic E-state index is 12.5. The Bertz CT molecular complexity index is 877. The van der Waals surface area contributed by atoms with Gasteiger partial charge in [0.05, 0.1) is 12.7 Å². The summed E-state index contributed by atoms with van der Waals surface area (Å²) < 4.78 is 5.63. The lowest BCUT2D eigenvalue weighted by Gasteiger charge is -2.12. The Morgan fingerprint density at radius 1 is 1.08 bits per heavy atom. The highest BCUT2D eigenvalue weighted by Gasteiger charge is 2.13. The van der Waals surface area contributed by atoms with Crippen molar-refractivity contribution < 1.29 is 9.21 Å². The molecular formula is C21H23NO2. The zero-order chi connectivity index (χ0) is 17.1. The Morgan fingerprint density at radius 3 is 2.67 bits per heavy atom. The van der Waals surface area contributed by atoms with Crippen LogP contribution in [0, 0.1) is 6.92 Å². The number of carbonyl (C=O) groups is 1. The minimum Gasteiger partial charge on any atom is -0.464 e. The van der Waals surface area contributed by atoms with Gasteiger partial charge in [0.2, 0.25) is 5.91 Å². The lowest BCUT2D eigenvalue weighted by molar-refractivity contribution is -0.115. The van der Waals surface area contributed by atoms with Crippen molar-refractivity contribution in [2.75, 3.05) is 5.32 Å². The maximum absolute atomic E-state index is 12.5. The molecule has 0 aliphatic rings. The van der Waals surface area contributed by atoms with Crippen molar-refractivity contribution in [3.63, 3.8) is 0 Å². The van der Waals surface area contributed by atoms with Gasteiger partial charge < -0.3 is 9.73 Å². The fraction of sp³-hybridized carbons (Fsp3) is 0.286. The standard InChI is InChI=1S/C21H23NO2/c1-4-15-9-10-18-17(13-24-19(18)11-15)12-20(23)22-21-14(3)7-6-8-16(21)5-2/h6-11,13H,4-5,12H2,1-3H3,(H,22,23). The second kappa shape index (κ2) is 6.91. The lowest BCUT2D eigenvalue weighted by atomic mass is 10.0. The quantitative estimate of drug-likeness (QED) is 0.714. The number of amides is 1. The van der Waals surface area contributed by atoms with Crippen LogP contribution >= 0.6 is 0 Å². The fourth-order valence-electron chi connectivity index (χ4n) is 3.04. The topological polar surface area (TPSA) is 42.2 Å². The first-order valence-corrected chi connectivity index (χ1v) is 8.49. The maximum Gasteiger partial charge on any atom is 0.228 e. The number of anilines is 1. The average molecular weight is 321 g/mol. The predicted molar refractivity (Wildman–Crippen MR) is 98.5 cm³/mol. The second-order valence-electron chi connectivity index (χ2n) is 6.13. The Balaban J connectivity index is 1.81. The van der Waals surface area contributed by atoms with Crippen LogP contribution in [-0.2, 0) is 24.1 Å². The normalized spacial score (nSPS) is 11.0. The smallest absolute Gasteiger partial charge is 0.228 e. The molecule has 3 aromatic rings. The second-order valence-corrected chi connectivity index (χ2v) is 6.13. The molecule has 0 radical (unpaired) electrons. The summed E-state index contributed by atoms with van der Waals surface area (Å²) in [7, 11) is 0. The average Bonchev–Trinajstić information content (AvgIpc) is 2.98. The number of hydrogen-bond donors (Lipinski definition) is 1. The zero-order valence-corrected chi connectivity index (χ0v) is 14.5. The van der Waals surface area contributed by atoms with E-state index in [-0.39, 0.29) is 5.91 Å². The lowest BCUT2D eigenvalue weighted by Crippen LogP contribution is -2.16. The van der Waals surface area contributed by atoms with Gasteiger partial charge in [-0.25, -0.2) is 0 Å². The predicted octanol–water partition coefficient (Wildman–Crippen LogP) is 5.05. The van der Waals surface area contributed by atoms with Gasteiger partial charge in [-0.1, -0.05) is 44.2 Å². The van der Waals surface area contributed by atoms with E-state index in [0.29, 0.717) is 6.42 Å². The molecule has 3 nitrogen and oxygen atoms in total. The summed E-state index contributed by atoms with van der Waals surface area (Å²) >= 11 is 0. The molecule has 1 aromatic heterocycles. The molecule has 0 aliphatic heterocycles. The van der Waals surface area contributed by atoms with E-state index >= 15 is 0 Å². The monoisotopic (exact) mass is 321 g/mol. The van der Waals surface area contributed by atoms with Crippen LogP contribution in [-0.4, -0.2) is 5.91 Å². The van der Waals surface area contributed by atoms with Crippen molar-refractivity contribution in [1.29, 1.82) is 0 Å². The number of benzene rings is 2. The summed E-state index contributed by atoms with van der Waals surface area (Å²) in [5, 5.41) is 4.09. The van der Waals surface area contributed by atoms with Crippen LogP contribution in [0.5, 0.6) is 0 Å². The van der Waals surface area contributed by atoms with E-state index in [1.165, 1.54) is 5.56 Å². The number of para-hydroxylation sites is 1. The molecule has 124 valence electrons. The Hall–Kier alpha value is -2.55. The summed E-state index contributed by atoms with van der Waals surface area (Å²) in [6.07, 6.45) is 3.88. The van der Waals surface area contributed by atoms with Crippen LogP contribution in [0.3, 0.4) is 0 Å². The fourth-order valence-corrected chi connectivity index (χ4v) is 3.04. The number of nitrogens with one attached hydrogen (secondary N) is 1. The van der Waals surface area contributed by atoms with E-state index < -0.39 is 0 Å². The van der Waals surface area contributed by atoms with Crippen molar-refractivity contribution >= 4 is 22.6 Å². The van der Waals surface area contributed by atoms with E-state index in [1.54, 1.807) is 6.26 Å². The molecule has 3 heteroatoms. The van der Waals surface area contributed by atoms with Crippen LogP contribution < -0.4 is 5.32 Å². The third-order valence-corrected chi connectivity index (χ3v) is 4.48. The minimum absolute atomic E-state index is 0.0127. The molecular weight excluding hydrogens is 298 g/mol. The molecule has 0 bridgehead atoms. The highest BCUT2D eigenvalue weighted by Crippen LogP contribution is 2.25. The molecule has 2 aromatic carbocycles. The minimum atomic E-state index is -0.0127. The highest BCUT2D eigenvalue weighted by atomic mass is 16.3. The number of furan rings is 1. The molecule has 1 N–H and O–H groups in total. The number of aryl methyl sites for hydroxylation is 3. The molecule has 0 aliphatic carbocycles. The van der Waals surface area contributed by atoms with E-state index in [1.807, 2.05) is 31.2 Å². The molecule has 0 unspecified atom stereocenters. The van der Waals surface area contributed by atoms with E-state index in [2.05, 4.69) is 31.3 Å². The Kier molecular flexibility index (Phi) is 4.70. The summed E-state index contributed by atoms with van der Waals surface area (Å²) in [5.74, 6) is -0.0127. The van der Waals surface area contributed by atoms with Crippen LogP contribution in [0.4, 0.5) is 5.69 Å². The first-order chi connectivity index (χ1) is 11.6. The number of hydrogen-bond acceptors (Lipinski definition) is 2. The van der Waals surface area contributed by atoms with Gasteiger partial charge in [-0.15, -0.1) is 0 Å². The number of fused-ring (bicyclic) bond motifs is 1. The highest BCUT2D eigenvalue weighted by molar-refractivity contribution is 5.96. The molecule has 0 atom stereocenters. The van der Waals surface area contributed by atoms with Gasteiger partial charge >= 0.3 is 0 Å². The van der Waals surface area contributed by atoms with E-state index in [4.69, 9.17) is 4.42 Å². The molecule has 0 spiro atoms. The van der Waals surface area contributed by atoms with Crippen LogP contribution in [0.2, 0.25) is 0 Å². The van der Waals surface area contributed by atoms with Gasteiger partial charge in [-0.05, 0) is 42.5 Å². The van der Waals surface area contributed by atoms with E-state index in [9.17, 15) is 4.79 Å². The van der Waals surface area contributed by atoms with Gasteiger partial charge in [-0.2, -0.15) is 0 Å². The van der Waals surface area contributed by atoms with Crippen LogP contribution in [0.15, 0.2) is 47.1 Å². The summed E-state index contributed by atoms with van der Waals surface area (Å²) in [4.78, 5) is 12.5. The van der Waals surface area contributed by atoms with Gasteiger partial charge in [0.25, 0.3) is 0 Å². The van der Waals surface area contributed by atoms with Crippen molar-refractivity contribution in [2.45, 2.75) is 40.0 Å². The van der Waals surface area contributed by atoms with Crippen molar-refractivity contribution in [3.8, 4) is 0 Å². The van der Waals surface area contributed by atoms with E-state index in [0.717, 1.165) is 46.2 Å². The Labute approximate surface area is 142 Å². The summed E-state index contributed by atoms with van der Waals surface area (Å²) in [6.45, 7) is 6.24. The summed E-state index contributed by atoms with van der Waals surface area (Å²) in [6, 6.07) is 12.3. The first-order valence-electron chi connectivity index (χ1n) is 8.49. The van der Waals surface area contributed by atoms with Crippen LogP contribution in [0.1, 0.15) is 36.1 Å². The molecule has 1 heterocycles. The number of rotatable bonds is 5. The largest absolute Gasteiger partial charge is 0.464 e. The van der Waals surface area contributed by atoms with Gasteiger partial charge in [0.1, 0.15) is 5.58 Å². The van der Waals surface area contributed by atoms with Crippen molar-refractivity contribution in [1.82, 2.24) is 0 Å². The molecule has 24 heavy (non-hydrogen) atoms. The third kappa shape index (κ3) is 3.21. The van der Waals surface area contributed by atoms with Crippen LogP contribution in [0.25, 0.3) is 11.0 Å². The zero-order valence-electron chi connectivity index (χ0n) is 14.5. The molecule has 1 amide bonds.